The van der Waals surface area contributed by atoms with E-state index in [4.69, 9.17) is 5.73 Å². The van der Waals surface area contributed by atoms with Gasteiger partial charge >= 0.3 is 0 Å². The normalized spacial score (nSPS) is 21.0. The Morgan fingerprint density at radius 1 is 1.17 bits per heavy atom. The number of likely N-dealkylation sites (tertiary alicyclic amines) is 1. The Bertz CT molecular complexity index is 942. The topological polar surface area (TPSA) is 108 Å². The number of hydrogen-bond acceptors (Lipinski definition) is 5. The zero-order valence-corrected chi connectivity index (χ0v) is 16.4. The van der Waals surface area contributed by atoms with E-state index in [0.29, 0.717) is 37.3 Å². The molecule has 2 amide bonds. The van der Waals surface area contributed by atoms with Gasteiger partial charge in [0.2, 0.25) is 5.91 Å². The van der Waals surface area contributed by atoms with Gasteiger partial charge in [-0.1, -0.05) is 6.42 Å². The Labute approximate surface area is 169 Å². The minimum absolute atomic E-state index is 0.0381. The number of nitrogen functional groups attached to an aromatic ring is 1. The van der Waals surface area contributed by atoms with Crippen molar-refractivity contribution in [2.24, 2.45) is 5.92 Å². The molecule has 0 atom stereocenters. The number of rotatable bonds is 2. The molecular weight excluding hydrogens is 368 g/mol. The molecule has 8 heteroatoms. The Morgan fingerprint density at radius 3 is 2.66 bits per heavy atom. The number of nitrogens with one attached hydrogen (secondary N) is 1. The fourth-order valence-corrected chi connectivity index (χ4v) is 5.03. The molecule has 152 valence electrons. The van der Waals surface area contributed by atoms with Crippen LogP contribution in [0.4, 0.5) is 5.82 Å². The van der Waals surface area contributed by atoms with Crippen molar-refractivity contribution in [2.75, 3.05) is 25.4 Å². The average molecular weight is 394 g/mol. The summed E-state index contributed by atoms with van der Waals surface area (Å²) in [5.74, 6) is 0.734. The number of nitrogens with zero attached hydrogens (tertiary/aromatic N) is 4. The van der Waals surface area contributed by atoms with Gasteiger partial charge in [0.25, 0.3) is 5.91 Å². The molecule has 0 bridgehead atoms. The number of aromatic nitrogens is 3. The number of imidazole rings is 1. The van der Waals surface area contributed by atoms with Crippen LogP contribution in [0.1, 0.15) is 53.8 Å². The number of carbonyl (C=O) groups excluding carboxylic acids is 2. The molecule has 0 unspecified atom stereocenters. The summed E-state index contributed by atoms with van der Waals surface area (Å²) in [6.45, 7) is 1.89. The first-order valence-electron chi connectivity index (χ1n) is 10.4. The van der Waals surface area contributed by atoms with Crippen LogP contribution >= 0.6 is 0 Å². The number of pyridine rings is 1. The summed E-state index contributed by atoms with van der Waals surface area (Å²) >= 11 is 0. The van der Waals surface area contributed by atoms with Crippen molar-refractivity contribution in [2.45, 2.75) is 44.1 Å². The highest BCUT2D eigenvalue weighted by Crippen LogP contribution is 2.44. The van der Waals surface area contributed by atoms with E-state index in [1.54, 1.807) is 24.7 Å². The number of carbonyl (C=O) groups is 2. The predicted molar refractivity (Wildman–Crippen MR) is 107 cm³/mol. The van der Waals surface area contributed by atoms with Crippen LogP contribution in [-0.4, -0.2) is 56.2 Å². The number of hydrogen-bond donors (Lipinski definition) is 2. The highest BCUT2D eigenvalue weighted by atomic mass is 16.2. The molecule has 0 radical (unpaired) electrons. The first-order chi connectivity index (χ1) is 14.1. The fourth-order valence-electron chi connectivity index (χ4n) is 5.03. The summed E-state index contributed by atoms with van der Waals surface area (Å²) in [5, 5.41) is 0. The fraction of sp³-hybridized carbons (Fsp3) is 0.524. The van der Waals surface area contributed by atoms with Crippen LogP contribution in [0, 0.1) is 5.92 Å². The van der Waals surface area contributed by atoms with Crippen molar-refractivity contribution in [3.8, 4) is 0 Å². The van der Waals surface area contributed by atoms with Gasteiger partial charge in [-0.2, -0.15) is 0 Å². The van der Waals surface area contributed by atoms with E-state index in [0.717, 1.165) is 43.6 Å². The monoisotopic (exact) mass is 394 g/mol. The molecule has 5 rings (SSSR count). The molecule has 29 heavy (non-hydrogen) atoms. The van der Waals surface area contributed by atoms with Crippen LogP contribution in [0.25, 0.3) is 0 Å². The third-order valence-electron chi connectivity index (χ3n) is 6.89. The Hall–Kier alpha value is -2.90. The second kappa shape index (κ2) is 6.86. The zero-order valence-electron chi connectivity index (χ0n) is 16.4. The minimum atomic E-state index is -0.408. The van der Waals surface area contributed by atoms with Gasteiger partial charge in [0.05, 0.1) is 17.6 Å². The summed E-state index contributed by atoms with van der Waals surface area (Å²) < 4.78 is 0. The van der Waals surface area contributed by atoms with Crippen LogP contribution in [0.15, 0.2) is 24.7 Å². The average Bonchev–Trinajstić information content (AvgIpc) is 3.17. The van der Waals surface area contributed by atoms with Crippen LogP contribution in [-0.2, 0) is 16.8 Å². The molecule has 1 aliphatic carbocycles. The van der Waals surface area contributed by atoms with Gasteiger partial charge in [-0.3, -0.25) is 9.59 Å². The third kappa shape index (κ3) is 2.89. The summed E-state index contributed by atoms with van der Waals surface area (Å²) in [4.78, 5) is 42.0. The van der Waals surface area contributed by atoms with E-state index >= 15 is 0 Å². The number of fused-ring (bicyclic) bond motifs is 2. The van der Waals surface area contributed by atoms with E-state index in [-0.39, 0.29) is 17.7 Å². The lowest BCUT2D eigenvalue weighted by molar-refractivity contribution is -0.148. The van der Waals surface area contributed by atoms with E-state index in [1.165, 1.54) is 0 Å². The molecule has 8 nitrogen and oxygen atoms in total. The van der Waals surface area contributed by atoms with Gasteiger partial charge in [0.1, 0.15) is 5.82 Å². The van der Waals surface area contributed by atoms with E-state index in [9.17, 15) is 9.59 Å². The molecule has 1 saturated carbocycles. The van der Waals surface area contributed by atoms with Crippen LogP contribution in [0.5, 0.6) is 0 Å². The first kappa shape index (κ1) is 18.1. The molecule has 2 aromatic rings. The zero-order chi connectivity index (χ0) is 20.0. The predicted octanol–water partition coefficient (Wildman–Crippen LogP) is 1.70. The molecule has 2 aliphatic heterocycles. The van der Waals surface area contributed by atoms with Gasteiger partial charge < -0.3 is 20.5 Å². The van der Waals surface area contributed by atoms with Gasteiger partial charge in [-0.05, 0) is 37.8 Å². The van der Waals surface area contributed by atoms with Crippen molar-refractivity contribution in [1.29, 1.82) is 0 Å². The van der Waals surface area contributed by atoms with Gasteiger partial charge in [-0.25, -0.2) is 9.97 Å². The Morgan fingerprint density at radius 2 is 1.97 bits per heavy atom. The Balaban J connectivity index is 1.40. The van der Waals surface area contributed by atoms with E-state index in [1.807, 2.05) is 4.90 Å². The molecule has 2 fully saturated rings. The first-order valence-corrected chi connectivity index (χ1v) is 10.4. The Kier molecular flexibility index (Phi) is 4.29. The third-order valence-corrected chi connectivity index (χ3v) is 6.89. The maximum atomic E-state index is 13.2. The largest absolute Gasteiger partial charge is 0.384 e. The van der Waals surface area contributed by atoms with Gasteiger partial charge in [0, 0.05) is 49.4 Å². The quantitative estimate of drug-likeness (QED) is 0.806. The molecule has 3 aliphatic rings. The number of H-pyrrole nitrogens is 1. The molecule has 4 heterocycles. The minimum Gasteiger partial charge on any atom is -0.384 e. The van der Waals surface area contributed by atoms with Crippen molar-refractivity contribution >= 4 is 17.6 Å². The van der Waals surface area contributed by atoms with Crippen molar-refractivity contribution in [3.05, 3.63) is 41.6 Å². The lowest BCUT2D eigenvalue weighted by Gasteiger charge is -2.51. The van der Waals surface area contributed by atoms with Gasteiger partial charge in [0.15, 0.2) is 0 Å². The number of anilines is 1. The summed E-state index contributed by atoms with van der Waals surface area (Å²) in [7, 11) is 0. The maximum absolute atomic E-state index is 13.2. The van der Waals surface area contributed by atoms with Crippen molar-refractivity contribution in [1.82, 2.24) is 24.8 Å². The molecule has 3 N–H and O–H groups in total. The van der Waals surface area contributed by atoms with Crippen LogP contribution in [0.2, 0.25) is 0 Å². The van der Waals surface area contributed by atoms with E-state index < -0.39 is 5.54 Å². The SMILES string of the molecule is Nc1cc(C(=O)N2CCC3(CC2)c2nc[nH]c2CCN3C(=O)C2CCC2)ccn1. The van der Waals surface area contributed by atoms with Crippen LogP contribution in [0.3, 0.4) is 0 Å². The highest BCUT2D eigenvalue weighted by molar-refractivity contribution is 5.94. The lowest BCUT2D eigenvalue weighted by atomic mass is 9.76. The molecule has 0 aromatic carbocycles. The smallest absolute Gasteiger partial charge is 0.254 e. The summed E-state index contributed by atoms with van der Waals surface area (Å²) in [6.07, 6.45) is 8.65. The standard InChI is InChI=1S/C21H26N6O2/c22-17-12-15(4-8-23-17)19(28)26-10-6-21(7-11-26)18-16(24-13-25-18)5-9-27(21)20(29)14-2-1-3-14/h4,8,12-14H,1-3,5-7,9-11H2,(H2,22,23)(H,24,25). The van der Waals surface area contributed by atoms with Gasteiger partial charge in [-0.15, -0.1) is 0 Å². The lowest BCUT2D eigenvalue weighted by Crippen LogP contribution is -2.60. The number of aromatic amines is 1. The number of amides is 2. The van der Waals surface area contributed by atoms with Crippen molar-refractivity contribution < 1.29 is 9.59 Å². The second-order valence-corrected chi connectivity index (χ2v) is 8.39. The molecular formula is C21H26N6O2. The molecule has 2 aromatic heterocycles. The highest BCUT2D eigenvalue weighted by Gasteiger charge is 2.50. The number of piperidine rings is 1. The van der Waals surface area contributed by atoms with Crippen molar-refractivity contribution in [3.63, 3.8) is 0 Å². The summed E-state index contributed by atoms with van der Waals surface area (Å²) in [6, 6.07) is 3.31. The van der Waals surface area contributed by atoms with E-state index in [2.05, 4.69) is 19.9 Å². The molecule has 1 spiro atoms. The number of nitrogens with two attached hydrogens (primary N) is 1. The summed E-state index contributed by atoms with van der Waals surface area (Å²) in [5.41, 5.74) is 8.01. The second-order valence-electron chi connectivity index (χ2n) is 8.39. The molecule has 1 saturated heterocycles. The maximum Gasteiger partial charge on any atom is 0.254 e. The van der Waals surface area contributed by atoms with Crippen LogP contribution < -0.4 is 5.73 Å².